The molecule has 4 rings (SSSR count). The van der Waals surface area contributed by atoms with E-state index in [2.05, 4.69) is 25.9 Å². The minimum Gasteiger partial charge on any atom is -0.346 e. The number of benzene rings is 2. The SMILES string of the molecule is O=C(Nc1cccc(CNC(=O)c2nnn(-c3ccc(F)cc3)c2C(F)(F)F)c1)c1ccncc1. The second-order valence-electron chi connectivity index (χ2n) is 7.25. The lowest BCUT2D eigenvalue weighted by Crippen LogP contribution is -2.27. The summed E-state index contributed by atoms with van der Waals surface area (Å²) in [4.78, 5) is 28.7. The smallest absolute Gasteiger partial charge is 0.346 e. The molecule has 0 fully saturated rings. The summed E-state index contributed by atoms with van der Waals surface area (Å²) < 4.78 is 54.8. The predicted molar refractivity (Wildman–Crippen MR) is 116 cm³/mol. The normalized spacial score (nSPS) is 11.2. The lowest BCUT2D eigenvalue weighted by Gasteiger charge is -2.12. The number of halogens is 4. The van der Waals surface area contributed by atoms with Gasteiger partial charge in [-0.3, -0.25) is 14.6 Å². The molecule has 178 valence electrons. The van der Waals surface area contributed by atoms with Gasteiger partial charge in [-0.25, -0.2) is 9.07 Å². The van der Waals surface area contributed by atoms with E-state index in [0.717, 1.165) is 24.3 Å². The highest BCUT2D eigenvalue weighted by Gasteiger charge is 2.42. The van der Waals surface area contributed by atoms with Crippen LogP contribution in [0.2, 0.25) is 0 Å². The van der Waals surface area contributed by atoms with Gasteiger partial charge in [-0.2, -0.15) is 13.2 Å². The molecular weight excluding hydrogens is 468 g/mol. The van der Waals surface area contributed by atoms with Crippen LogP contribution in [0.25, 0.3) is 5.69 Å². The maximum atomic E-state index is 13.7. The quantitative estimate of drug-likeness (QED) is 0.403. The Bertz CT molecular complexity index is 1350. The fraction of sp³-hybridized carbons (Fsp3) is 0.0870. The number of rotatable bonds is 6. The van der Waals surface area contributed by atoms with Crippen molar-refractivity contribution in [2.24, 2.45) is 0 Å². The fourth-order valence-electron chi connectivity index (χ4n) is 3.18. The number of hydrogen-bond donors (Lipinski definition) is 2. The number of hydrogen-bond acceptors (Lipinski definition) is 5. The van der Waals surface area contributed by atoms with E-state index in [4.69, 9.17) is 0 Å². The molecule has 2 aromatic carbocycles. The van der Waals surface area contributed by atoms with E-state index < -0.39 is 29.3 Å². The van der Waals surface area contributed by atoms with Crippen molar-refractivity contribution in [3.05, 3.63) is 101 Å². The molecule has 0 radical (unpaired) electrons. The Balaban J connectivity index is 1.49. The van der Waals surface area contributed by atoms with Gasteiger partial charge in [-0.15, -0.1) is 5.10 Å². The number of alkyl halides is 3. The Morgan fingerprint density at radius 2 is 1.66 bits per heavy atom. The van der Waals surface area contributed by atoms with Gasteiger partial charge in [0.2, 0.25) is 0 Å². The Kier molecular flexibility index (Phi) is 6.53. The van der Waals surface area contributed by atoms with Gasteiger partial charge in [0.25, 0.3) is 11.8 Å². The van der Waals surface area contributed by atoms with Gasteiger partial charge in [0.1, 0.15) is 5.82 Å². The van der Waals surface area contributed by atoms with Crippen LogP contribution in [0, 0.1) is 5.82 Å². The molecule has 0 atom stereocenters. The van der Waals surface area contributed by atoms with Gasteiger partial charge in [0.05, 0.1) is 5.69 Å². The van der Waals surface area contributed by atoms with Crippen molar-refractivity contribution in [2.75, 3.05) is 5.32 Å². The zero-order valence-electron chi connectivity index (χ0n) is 17.8. The molecule has 2 amide bonds. The first-order valence-electron chi connectivity index (χ1n) is 10.1. The van der Waals surface area contributed by atoms with E-state index in [1.807, 2.05) is 0 Å². The zero-order valence-corrected chi connectivity index (χ0v) is 17.8. The molecule has 0 saturated carbocycles. The maximum absolute atomic E-state index is 13.7. The van der Waals surface area contributed by atoms with Crippen molar-refractivity contribution in [1.82, 2.24) is 25.3 Å². The van der Waals surface area contributed by atoms with Gasteiger partial charge < -0.3 is 10.6 Å². The molecule has 12 heteroatoms. The molecule has 0 aliphatic carbocycles. The van der Waals surface area contributed by atoms with E-state index in [1.165, 1.54) is 24.5 Å². The van der Waals surface area contributed by atoms with E-state index >= 15 is 0 Å². The van der Waals surface area contributed by atoms with Crippen LogP contribution < -0.4 is 10.6 Å². The topological polar surface area (TPSA) is 102 Å². The summed E-state index contributed by atoms with van der Waals surface area (Å²) in [5.41, 5.74) is -1.09. The molecule has 2 heterocycles. The Morgan fingerprint density at radius 1 is 0.943 bits per heavy atom. The molecule has 0 aliphatic rings. The van der Waals surface area contributed by atoms with Crippen molar-refractivity contribution < 1.29 is 27.2 Å². The van der Waals surface area contributed by atoms with Crippen molar-refractivity contribution >= 4 is 17.5 Å². The first kappa shape index (κ1) is 23.5. The monoisotopic (exact) mass is 484 g/mol. The number of aromatic nitrogens is 4. The lowest BCUT2D eigenvalue weighted by atomic mass is 10.1. The van der Waals surface area contributed by atoms with Crippen LogP contribution in [0.1, 0.15) is 32.1 Å². The van der Waals surface area contributed by atoms with Gasteiger partial charge in [-0.1, -0.05) is 17.3 Å². The summed E-state index contributed by atoms with van der Waals surface area (Å²) in [6, 6.07) is 13.6. The Hall–Kier alpha value is -4.61. The summed E-state index contributed by atoms with van der Waals surface area (Å²) in [7, 11) is 0. The van der Waals surface area contributed by atoms with Gasteiger partial charge in [0, 0.05) is 30.2 Å². The molecule has 4 aromatic rings. The largest absolute Gasteiger partial charge is 0.435 e. The molecule has 0 unspecified atom stereocenters. The number of anilines is 1. The number of amides is 2. The molecule has 8 nitrogen and oxygen atoms in total. The van der Waals surface area contributed by atoms with Gasteiger partial charge in [0.15, 0.2) is 11.4 Å². The second kappa shape index (κ2) is 9.71. The van der Waals surface area contributed by atoms with E-state index in [1.54, 1.807) is 24.3 Å². The van der Waals surface area contributed by atoms with Crippen molar-refractivity contribution in [3.8, 4) is 5.69 Å². The van der Waals surface area contributed by atoms with Crippen molar-refractivity contribution in [2.45, 2.75) is 12.7 Å². The van der Waals surface area contributed by atoms with E-state index in [0.29, 0.717) is 21.5 Å². The molecule has 2 aromatic heterocycles. The summed E-state index contributed by atoms with van der Waals surface area (Å²) in [6.07, 6.45) is -2.01. The van der Waals surface area contributed by atoms with Crippen LogP contribution in [0.3, 0.4) is 0 Å². The average Bonchev–Trinajstić information content (AvgIpc) is 3.30. The zero-order chi connectivity index (χ0) is 25.0. The highest BCUT2D eigenvalue weighted by atomic mass is 19.4. The third kappa shape index (κ3) is 5.49. The maximum Gasteiger partial charge on any atom is 0.435 e. The first-order chi connectivity index (χ1) is 16.7. The van der Waals surface area contributed by atoms with Crippen LogP contribution in [0.4, 0.5) is 23.2 Å². The Morgan fingerprint density at radius 3 is 2.34 bits per heavy atom. The summed E-state index contributed by atoms with van der Waals surface area (Å²) in [5.74, 6) is -2.11. The summed E-state index contributed by atoms with van der Waals surface area (Å²) >= 11 is 0. The van der Waals surface area contributed by atoms with Gasteiger partial charge in [-0.05, 0) is 54.1 Å². The van der Waals surface area contributed by atoms with Crippen molar-refractivity contribution in [1.29, 1.82) is 0 Å². The fourth-order valence-corrected chi connectivity index (χ4v) is 3.18. The van der Waals surface area contributed by atoms with Crippen molar-refractivity contribution in [3.63, 3.8) is 0 Å². The second-order valence-corrected chi connectivity index (χ2v) is 7.25. The standard InChI is InChI=1S/C23H16F4N6O2/c24-16-4-6-18(7-5-16)33-20(23(25,26)27)19(31-32-33)22(35)29-13-14-2-1-3-17(12-14)30-21(34)15-8-10-28-11-9-15/h1-12H,13H2,(H,29,35)(H,30,34). The number of pyridine rings is 1. The molecule has 0 aliphatic heterocycles. The van der Waals surface area contributed by atoms with Crippen LogP contribution >= 0.6 is 0 Å². The minimum absolute atomic E-state index is 0.108. The van der Waals surface area contributed by atoms with Gasteiger partial charge >= 0.3 is 6.18 Å². The molecule has 0 saturated heterocycles. The minimum atomic E-state index is -4.96. The van der Waals surface area contributed by atoms with E-state index in [-0.39, 0.29) is 18.1 Å². The average molecular weight is 484 g/mol. The highest BCUT2D eigenvalue weighted by Crippen LogP contribution is 2.32. The molecule has 2 N–H and O–H groups in total. The Labute approximate surface area is 195 Å². The number of carbonyl (C=O) groups excluding carboxylic acids is 2. The summed E-state index contributed by atoms with van der Waals surface area (Å²) in [5, 5.41) is 11.9. The summed E-state index contributed by atoms with van der Waals surface area (Å²) in [6.45, 7) is -0.140. The number of nitrogens with one attached hydrogen (secondary N) is 2. The van der Waals surface area contributed by atoms with Crippen LogP contribution in [-0.2, 0) is 12.7 Å². The number of nitrogens with zero attached hydrogens (tertiary/aromatic N) is 4. The number of carbonyl (C=O) groups is 2. The molecule has 0 spiro atoms. The third-order valence-corrected chi connectivity index (χ3v) is 4.81. The van der Waals surface area contributed by atoms with Crippen LogP contribution in [-0.4, -0.2) is 31.8 Å². The van der Waals surface area contributed by atoms with Crippen LogP contribution in [0.5, 0.6) is 0 Å². The highest BCUT2D eigenvalue weighted by molar-refractivity contribution is 6.04. The lowest BCUT2D eigenvalue weighted by molar-refractivity contribution is -0.143. The third-order valence-electron chi connectivity index (χ3n) is 4.81. The van der Waals surface area contributed by atoms with E-state index in [9.17, 15) is 27.2 Å². The molecule has 0 bridgehead atoms. The molecule has 35 heavy (non-hydrogen) atoms. The predicted octanol–water partition coefficient (Wildman–Crippen LogP) is 4.00. The molecular formula is C23H16F4N6O2. The first-order valence-corrected chi connectivity index (χ1v) is 10.1. The van der Waals surface area contributed by atoms with Crippen LogP contribution in [0.15, 0.2) is 73.1 Å².